The molecule has 0 unspecified atom stereocenters. The minimum atomic E-state index is 0.994. The number of anilines is 1. The molecule has 1 aromatic heterocycles. The fraction of sp³-hybridized carbons (Fsp3) is 0.667. The van der Waals surface area contributed by atoms with Gasteiger partial charge in [-0.05, 0) is 0 Å². The zero-order valence-electron chi connectivity index (χ0n) is 7.95. The quantitative estimate of drug-likeness (QED) is 0.745. The highest BCUT2D eigenvalue weighted by molar-refractivity contribution is 7.98. The molecule has 0 atom stereocenters. The summed E-state index contributed by atoms with van der Waals surface area (Å²) in [6, 6.07) is 0. The average Bonchev–Trinajstić information content (AvgIpc) is 2.79. The van der Waals surface area contributed by atoms with E-state index in [0.717, 1.165) is 49.3 Å². The summed E-state index contributed by atoms with van der Waals surface area (Å²) in [7, 11) is 0. The van der Waals surface area contributed by atoms with E-state index in [9.17, 15) is 0 Å². The lowest BCUT2D eigenvalue weighted by Crippen LogP contribution is -2.44. The number of aromatic nitrogens is 1. The second-order valence-corrected chi connectivity index (χ2v) is 4.62. The van der Waals surface area contributed by atoms with E-state index < -0.39 is 0 Å². The van der Waals surface area contributed by atoms with Crippen molar-refractivity contribution < 1.29 is 4.52 Å². The summed E-state index contributed by atoms with van der Waals surface area (Å²) in [5, 5.41) is 7.51. The maximum atomic E-state index is 5.33. The Kier molecular flexibility index (Phi) is 2.14. The van der Waals surface area contributed by atoms with Crippen LogP contribution in [0.1, 0.15) is 11.3 Å². The van der Waals surface area contributed by atoms with Gasteiger partial charge in [0.25, 0.3) is 0 Å². The molecule has 0 aliphatic carbocycles. The first-order chi connectivity index (χ1) is 6.95. The molecule has 1 saturated heterocycles. The zero-order chi connectivity index (χ0) is 9.38. The third-order valence-corrected chi connectivity index (χ3v) is 3.70. The van der Waals surface area contributed by atoms with Crippen LogP contribution in [0.5, 0.6) is 0 Å². The first kappa shape index (κ1) is 8.61. The molecule has 4 nitrogen and oxygen atoms in total. The van der Waals surface area contributed by atoms with Gasteiger partial charge < -0.3 is 14.7 Å². The number of nitrogens with zero attached hydrogens (tertiary/aromatic N) is 2. The molecular weight excluding hydrogens is 198 g/mol. The first-order valence-corrected chi connectivity index (χ1v) is 6.11. The van der Waals surface area contributed by atoms with Crippen LogP contribution in [0, 0.1) is 0 Å². The SMILES string of the molecule is C1CN(c2noc3c2CSC3)CCN1. The number of fused-ring (bicyclic) bond motifs is 1. The van der Waals surface area contributed by atoms with Crippen LogP contribution in [0.2, 0.25) is 0 Å². The Morgan fingerprint density at radius 3 is 3.00 bits per heavy atom. The van der Waals surface area contributed by atoms with Gasteiger partial charge in [-0.1, -0.05) is 5.16 Å². The topological polar surface area (TPSA) is 41.3 Å². The van der Waals surface area contributed by atoms with E-state index in [4.69, 9.17) is 4.52 Å². The minimum absolute atomic E-state index is 0.994. The van der Waals surface area contributed by atoms with E-state index in [1.165, 1.54) is 5.56 Å². The van der Waals surface area contributed by atoms with E-state index in [1.54, 1.807) is 0 Å². The molecule has 76 valence electrons. The fourth-order valence-electron chi connectivity index (χ4n) is 1.96. The van der Waals surface area contributed by atoms with Crippen molar-refractivity contribution in [3.8, 4) is 0 Å². The summed E-state index contributed by atoms with van der Waals surface area (Å²) in [5.74, 6) is 4.24. The van der Waals surface area contributed by atoms with Crippen molar-refractivity contribution in [3.63, 3.8) is 0 Å². The molecule has 1 N–H and O–H groups in total. The highest BCUT2D eigenvalue weighted by Gasteiger charge is 2.25. The van der Waals surface area contributed by atoms with E-state index >= 15 is 0 Å². The normalized spacial score (nSPS) is 21.3. The molecule has 0 spiro atoms. The molecule has 3 heterocycles. The molecule has 0 bridgehead atoms. The lowest BCUT2D eigenvalue weighted by Gasteiger charge is -2.27. The van der Waals surface area contributed by atoms with E-state index in [0.29, 0.717) is 0 Å². The monoisotopic (exact) mass is 211 g/mol. The number of piperazine rings is 1. The van der Waals surface area contributed by atoms with Crippen molar-refractivity contribution in [2.24, 2.45) is 0 Å². The van der Waals surface area contributed by atoms with Crippen LogP contribution >= 0.6 is 11.8 Å². The molecule has 14 heavy (non-hydrogen) atoms. The van der Waals surface area contributed by atoms with Crippen molar-refractivity contribution in [2.45, 2.75) is 11.5 Å². The van der Waals surface area contributed by atoms with E-state index in [2.05, 4.69) is 15.4 Å². The number of hydrogen-bond acceptors (Lipinski definition) is 5. The Balaban J connectivity index is 1.88. The van der Waals surface area contributed by atoms with Crippen molar-refractivity contribution in [1.29, 1.82) is 0 Å². The zero-order valence-corrected chi connectivity index (χ0v) is 8.77. The molecule has 2 aliphatic heterocycles. The van der Waals surface area contributed by atoms with Crippen LogP contribution in [-0.2, 0) is 11.5 Å². The Morgan fingerprint density at radius 2 is 2.14 bits per heavy atom. The van der Waals surface area contributed by atoms with Gasteiger partial charge in [-0.15, -0.1) is 11.8 Å². The summed E-state index contributed by atoms with van der Waals surface area (Å²) in [5.41, 5.74) is 1.33. The predicted molar refractivity (Wildman–Crippen MR) is 56.6 cm³/mol. The fourth-order valence-corrected chi connectivity index (χ4v) is 2.97. The lowest BCUT2D eigenvalue weighted by atomic mass is 10.2. The van der Waals surface area contributed by atoms with Gasteiger partial charge in [-0.3, -0.25) is 0 Å². The Morgan fingerprint density at radius 1 is 1.29 bits per heavy atom. The third-order valence-electron chi connectivity index (χ3n) is 2.74. The smallest absolute Gasteiger partial charge is 0.176 e. The van der Waals surface area contributed by atoms with Crippen LogP contribution in [-0.4, -0.2) is 31.3 Å². The molecular formula is C9H13N3OS. The Bertz CT molecular complexity index is 333. The van der Waals surface area contributed by atoms with Gasteiger partial charge in [0.15, 0.2) is 11.6 Å². The Labute approximate surface area is 87.0 Å². The van der Waals surface area contributed by atoms with Crippen molar-refractivity contribution in [3.05, 3.63) is 11.3 Å². The van der Waals surface area contributed by atoms with E-state index in [1.807, 2.05) is 11.8 Å². The van der Waals surface area contributed by atoms with Crippen molar-refractivity contribution in [1.82, 2.24) is 10.5 Å². The van der Waals surface area contributed by atoms with Crippen LogP contribution in [0.3, 0.4) is 0 Å². The molecule has 2 aliphatic rings. The number of thioether (sulfide) groups is 1. The summed E-state index contributed by atoms with van der Waals surface area (Å²) in [6.45, 7) is 4.19. The summed E-state index contributed by atoms with van der Waals surface area (Å²) >= 11 is 1.91. The van der Waals surface area contributed by atoms with Gasteiger partial charge in [-0.25, -0.2) is 0 Å². The summed E-state index contributed by atoms with van der Waals surface area (Å²) in [4.78, 5) is 2.32. The number of nitrogens with one attached hydrogen (secondary N) is 1. The van der Waals surface area contributed by atoms with Gasteiger partial charge >= 0.3 is 0 Å². The van der Waals surface area contributed by atoms with Crippen LogP contribution < -0.4 is 10.2 Å². The predicted octanol–water partition coefficient (Wildman–Crippen LogP) is 0.831. The van der Waals surface area contributed by atoms with Gasteiger partial charge in [-0.2, -0.15) is 0 Å². The van der Waals surface area contributed by atoms with Crippen LogP contribution in [0.25, 0.3) is 0 Å². The molecule has 0 saturated carbocycles. The van der Waals surface area contributed by atoms with Gasteiger partial charge in [0.2, 0.25) is 0 Å². The summed E-state index contributed by atoms with van der Waals surface area (Å²) in [6.07, 6.45) is 0. The van der Waals surface area contributed by atoms with Crippen LogP contribution in [0.15, 0.2) is 4.52 Å². The maximum Gasteiger partial charge on any atom is 0.176 e. The minimum Gasteiger partial charge on any atom is -0.358 e. The van der Waals surface area contributed by atoms with Gasteiger partial charge in [0.05, 0.1) is 5.75 Å². The third kappa shape index (κ3) is 1.31. The molecule has 5 heteroatoms. The number of hydrogen-bond donors (Lipinski definition) is 1. The summed E-state index contributed by atoms with van der Waals surface area (Å²) < 4.78 is 5.33. The van der Waals surface area contributed by atoms with Crippen molar-refractivity contribution in [2.75, 3.05) is 31.1 Å². The standard InChI is InChI=1S/C9H13N3OS/c1-3-12(4-2-10-1)9-7-5-14-6-8(7)13-11-9/h10H,1-6H2. The second kappa shape index (κ2) is 3.47. The molecule has 0 amide bonds. The maximum absolute atomic E-state index is 5.33. The molecule has 1 aromatic rings. The molecule has 3 rings (SSSR count). The average molecular weight is 211 g/mol. The second-order valence-electron chi connectivity index (χ2n) is 3.64. The number of rotatable bonds is 1. The molecule has 1 fully saturated rings. The van der Waals surface area contributed by atoms with Gasteiger partial charge in [0, 0.05) is 37.5 Å². The lowest BCUT2D eigenvalue weighted by molar-refractivity contribution is 0.393. The molecule has 0 aromatic carbocycles. The van der Waals surface area contributed by atoms with Crippen LogP contribution in [0.4, 0.5) is 5.82 Å². The van der Waals surface area contributed by atoms with Gasteiger partial charge in [0.1, 0.15) is 0 Å². The highest BCUT2D eigenvalue weighted by Crippen LogP contribution is 2.36. The first-order valence-electron chi connectivity index (χ1n) is 4.96. The van der Waals surface area contributed by atoms with E-state index in [-0.39, 0.29) is 0 Å². The Hall–Kier alpha value is -0.680. The van der Waals surface area contributed by atoms with Crippen molar-refractivity contribution >= 4 is 17.6 Å². The largest absolute Gasteiger partial charge is 0.358 e. The highest BCUT2D eigenvalue weighted by atomic mass is 32.2. The molecule has 0 radical (unpaired) electrons.